The van der Waals surface area contributed by atoms with Crippen molar-refractivity contribution in [3.63, 3.8) is 0 Å². The van der Waals surface area contributed by atoms with Crippen molar-refractivity contribution in [3.05, 3.63) is 51.8 Å². The molecule has 0 bridgehead atoms. The Morgan fingerprint density at radius 2 is 1.84 bits per heavy atom. The molecular formula is C20H31N5O5S. The highest BCUT2D eigenvalue weighted by atomic mass is 32.2. The van der Waals surface area contributed by atoms with Crippen LogP contribution in [0.2, 0.25) is 0 Å². The van der Waals surface area contributed by atoms with Crippen molar-refractivity contribution >= 4 is 10.0 Å². The Morgan fingerprint density at radius 1 is 1.23 bits per heavy atom. The second kappa shape index (κ2) is 11.2. The van der Waals surface area contributed by atoms with Gasteiger partial charge >= 0.3 is 0 Å². The molecule has 2 aromatic rings. The molecule has 0 spiro atoms. The third-order valence-corrected chi connectivity index (χ3v) is 6.65. The second-order valence-electron chi connectivity index (χ2n) is 6.88. The number of aromatic nitrogens is 2. The van der Waals surface area contributed by atoms with Crippen molar-refractivity contribution in [2.45, 2.75) is 51.0 Å². The van der Waals surface area contributed by atoms with Gasteiger partial charge in [0.15, 0.2) is 0 Å². The van der Waals surface area contributed by atoms with Crippen LogP contribution in [0.1, 0.15) is 50.9 Å². The van der Waals surface area contributed by atoms with E-state index < -0.39 is 15.1 Å². The van der Waals surface area contributed by atoms with Gasteiger partial charge in [-0.2, -0.15) is 5.10 Å². The molecule has 1 aromatic heterocycles. The van der Waals surface area contributed by atoms with Gasteiger partial charge in [0.25, 0.3) is 5.09 Å². The summed E-state index contributed by atoms with van der Waals surface area (Å²) in [6, 6.07) is 8.23. The molecule has 1 fully saturated rings. The molecule has 1 aliphatic heterocycles. The van der Waals surface area contributed by atoms with Crippen molar-refractivity contribution in [1.29, 1.82) is 0 Å². The maximum atomic E-state index is 12.0. The number of sulfonamides is 1. The zero-order chi connectivity index (χ0) is 23.0. The van der Waals surface area contributed by atoms with Gasteiger partial charge in [-0.25, -0.2) is 17.8 Å². The van der Waals surface area contributed by atoms with E-state index in [-0.39, 0.29) is 17.4 Å². The van der Waals surface area contributed by atoms with E-state index in [1.54, 1.807) is 16.8 Å². The molecule has 2 heterocycles. The molecular weight excluding hydrogens is 422 g/mol. The molecule has 0 unspecified atom stereocenters. The van der Waals surface area contributed by atoms with Gasteiger partial charge in [0.1, 0.15) is 6.61 Å². The fourth-order valence-electron chi connectivity index (χ4n) is 3.56. The van der Waals surface area contributed by atoms with Crippen LogP contribution in [0, 0.1) is 10.1 Å². The lowest BCUT2D eigenvalue weighted by molar-refractivity contribution is -0.763. The van der Waals surface area contributed by atoms with Crippen LogP contribution in [0.3, 0.4) is 0 Å². The van der Waals surface area contributed by atoms with Crippen LogP contribution in [0.5, 0.6) is 0 Å². The monoisotopic (exact) mass is 453 g/mol. The first-order valence-corrected chi connectivity index (χ1v) is 11.9. The lowest BCUT2D eigenvalue weighted by Crippen LogP contribution is -2.33. The fourth-order valence-corrected chi connectivity index (χ4v) is 4.29. The molecule has 0 radical (unpaired) electrons. The van der Waals surface area contributed by atoms with Gasteiger partial charge in [0.05, 0.1) is 16.3 Å². The van der Waals surface area contributed by atoms with E-state index in [0.29, 0.717) is 11.4 Å². The highest BCUT2D eigenvalue weighted by Crippen LogP contribution is 2.30. The number of nitrogens with one attached hydrogen (secondary N) is 1. The molecule has 3 rings (SSSR count). The first kappa shape index (κ1) is 24.8. The summed E-state index contributed by atoms with van der Waals surface area (Å²) in [5, 5.41) is 14.2. The molecule has 0 saturated carbocycles. The Labute approximate surface area is 183 Å². The molecule has 1 aromatic carbocycles. The number of hydrogen-bond donors (Lipinski definition) is 1. The highest BCUT2D eigenvalue weighted by molar-refractivity contribution is 7.89. The summed E-state index contributed by atoms with van der Waals surface area (Å²) < 4.78 is 27.9. The average molecular weight is 454 g/mol. The first-order chi connectivity index (χ1) is 14.8. The first-order valence-electron chi connectivity index (χ1n) is 10.5. The Bertz CT molecular complexity index is 951. The highest BCUT2D eigenvalue weighted by Gasteiger charge is 2.25. The van der Waals surface area contributed by atoms with Crippen molar-refractivity contribution in [2.75, 3.05) is 26.7 Å². The minimum Gasteiger partial charge on any atom is -0.307 e. The summed E-state index contributed by atoms with van der Waals surface area (Å²) in [6.07, 6.45) is 1.92. The van der Waals surface area contributed by atoms with E-state index in [9.17, 15) is 18.5 Å². The van der Waals surface area contributed by atoms with Crippen LogP contribution in [0.4, 0.5) is 0 Å². The maximum Gasteiger partial charge on any atom is 0.294 e. The van der Waals surface area contributed by atoms with Gasteiger partial charge in [-0.15, -0.1) is 10.1 Å². The smallest absolute Gasteiger partial charge is 0.294 e. The Morgan fingerprint density at radius 3 is 2.35 bits per heavy atom. The van der Waals surface area contributed by atoms with Crippen LogP contribution >= 0.6 is 0 Å². The SMILES string of the molecule is CC.CCN1CCC(c2cc(CO[N+](=O)[O-])nn2-c2ccc(S(=O)(=O)NC)cc2)CC1. The molecule has 10 nitrogen and oxygen atoms in total. The van der Waals surface area contributed by atoms with Crippen molar-refractivity contribution in [2.24, 2.45) is 0 Å². The standard InChI is InChI=1S/C18H25N5O5S.C2H6/c1-3-21-10-8-14(9-11-21)18-12-15(13-28-23(24)25)20-22(18)16-4-6-17(7-5-16)29(26,27)19-2;1-2/h4-7,12,14,19H,3,8-11,13H2,1-2H3;1-2H3. The lowest BCUT2D eigenvalue weighted by Gasteiger charge is -2.31. The topological polar surface area (TPSA) is 120 Å². The Balaban J connectivity index is 0.00000166. The number of piperidine rings is 1. The number of rotatable bonds is 8. The second-order valence-corrected chi connectivity index (χ2v) is 8.77. The van der Waals surface area contributed by atoms with Gasteiger partial charge in [-0.1, -0.05) is 20.8 Å². The summed E-state index contributed by atoms with van der Waals surface area (Å²) in [5.74, 6) is 0.260. The van der Waals surface area contributed by atoms with E-state index in [0.717, 1.165) is 38.2 Å². The third-order valence-electron chi connectivity index (χ3n) is 5.22. The summed E-state index contributed by atoms with van der Waals surface area (Å²) in [4.78, 5) is 17.6. The molecule has 0 atom stereocenters. The predicted octanol–water partition coefficient (Wildman–Crippen LogP) is 2.71. The molecule has 0 aliphatic carbocycles. The zero-order valence-corrected chi connectivity index (χ0v) is 19.3. The Kier molecular flexibility index (Phi) is 8.96. The fraction of sp³-hybridized carbons (Fsp3) is 0.550. The predicted molar refractivity (Wildman–Crippen MR) is 117 cm³/mol. The minimum atomic E-state index is -3.53. The van der Waals surface area contributed by atoms with Gasteiger partial charge in [0.2, 0.25) is 10.0 Å². The van der Waals surface area contributed by atoms with Crippen molar-refractivity contribution < 1.29 is 18.3 Å². The van der Waals surface area contributed by atoms with Gasteiger partial charge in [0, 0.05) is 11.6 Å². The molecule has 31 heavy (non-hydrogen) atoms. The van der Waals surface area contributed by atoms with Crippen molar-refractivity contribution in [3.8, 4) is 5.69 Å². The molecule has 1 saturated heterocycles. The van der Waals surface area contributed by atoms with Crippen LogP contribution < -0.4 is 4.72 Å². The van der Waals surface area contributed by atoms with E-state index in [1.807, 2.05) is 19.9 Å². The number of hydrogen-bond acceptors (Lipinski definition) is 7. The van der Waals surface area contributed by atoms with Crippen LogP contribution in [0.25, 0.3) is 5.69 Å². The quantitative estimate of drug-likeness (QED) is 0.482. The average Bonchev–Trinajstić information content (AvgIpc) is 3.23. The van der Waals surface area contributed by atoms with E-state index in [2.05, 4.69) is 26.5 Å². The van der Waals surface area contributed by atoms with Crippen LogP contribution in [0.15, 0.2) is 35.2 Å². The van der Waals surface area contributed by atoms with E-state index in [4.69, 9.17) is 0 Å². The molecule has 11 heteroatoms. The number of nitrogens with zero attached hydrogens (tertiary/aromatic N) is 4. The maximum absolute atomic E-state index is 12.0. The van der Waals surface area contributed by atoms with Gasteiger partial charge < -0.3 is 9.74 Å². The summed E-state index contributed by atoms with van der Waals surface area (Å²) in [7, 11) is -2.17. The Hall–Kier alpha value is -2.50. The lowest BCUT2D eigenvalue weighted by atomic mass is 9.93. The van der Waals surface area contributed by atoms with Crippen LogP contribution in [-0.4, -0.2) is 54.9 Å². The van der Waals surface area contributed by atoms with Gasteiger partial charge in [-0.3, -0.25) is 0 Å². The normalized spacial score (nSPS) is 15.2. The largest absolute Gasteiger partial charge is 0.307 e. The minimum absolute atomic E-state index is 0.158. The zero-order valence-electron chi connectivity index (χ0n) is 18.4. The van der Waals surface area contributed by atoms with E-state index in [1.165, 1.54) is 19.2 Å². The molecule has 1 aliphatic rings. The molecule has 0 amide bonds. The van der Waals surface area contributed by atoms with Gasteiger partial charge in [-0.05, 0) is 69.9 Å². The molecule has 1 N–H and O–H groups in total. The molecule has 172 valence electrons. The number of likely N-dealkylation sites (tertiary alicyclic amines) is 1. The summed E-state index contributed by atoms with van der Waals surface area (Å²) in [5.41, 5.74) is 2.11. The third kappa shape index (κ3) is 6.25. The number of benzene rings is 1. The summed E-state index contributed by atoms with van der Waals surface area (Å²) >= 11 is 0. The van der Waals surface area contributed by atoms with Crippen molar-refractivity contribution in [1.82, 2.24) is 19.4 Å². The summed E-state index contributed by atoms with van der Waals surface area (Å²) in [6.45, 7) is 8.87. The van der Waals surface area contributed by atoms with Crippen LogP contribution in [-0.2, 0) is 21.5 Å². The van der Waals surface area contributed by atoms with E-state index >= 15 is 0 Å².